The van der Waals surface area contributed by atoms with Crippen LogP contribution in [0.25, 0.3) is 0 Å². The predicted octanol–water partition coefficient (Wildman–Crippen LogP) is -0.524. The smallest absolute Gasteiger partial charge is 0.407 e. The van der Waals surface area contributed by atoms with Gasteiger partial charge in [-0.2, -0.15) is 0 Å². The van der Waals surface area contributed by atoms with Crippen LogP contribution in [0.2, 0.25) is 0 Å². The Morgan fingerprint density at radius 3 is 2.89 bits per heavy atom. The van der Waals surface area contributed by atoms with Crippen LogP contribution in [-0.2, 0) is 4.74 Å². The first-order chi connectivity index (χ1) is 4.20. The van der Waals surface area contributed by atoms with Crippen molar-refractivity contribution in [3.63, 3.8) is 0 Å². The normalized spacial score (nSPS) is 29.1. The second-order valence-electron chi connectivity index (χ2n) is 2.09. The maximum atomic E-state index is 10.3. The number of ether oxygens (including phenoxy) is 1. The largest absolute Gasteiger partial charge is 0.447 e. The summed E-state index contributed by atoms with van der Waals surface area (Å²) in [5.74, 6) is 0. The van der Waals surface area contributed by atoms with Gasteiger partial charge >= 0.3 is 6.09 Å². The zero-order valence-corrected chi connectivity index (χ0v) is 5.13. The van der Waals surface area contributed by atoms with Crippen LogP contribution in [0.4, 0.5) is 4.79 Å². The fourth-order valence-corrected chi connectivity index (χ4v) is 0.660. The molecule has 1 saturated heterocycles. The molecule has 0 aliphatic carbocycles. The highest BCUT2D eigenvalue weighted by atomic mass is 16.6. The Hall–Kier alpha value is -0.770. The van der Waals surface area contributed by atoms with E-state index in [0.717, 1.165) is 0 Å². The highest BCUT2D eigenvalue weighted by Gasteiger charge is 2.25. The number of carbonyl (C=O) groups is 1. The van der Waals surface area contributed by atoms with Crippen LogP contribution < -0.4 is 5.32 Å². The summed E-state index contributed by atoms with van der Waals surface area (Å²) in [5.41, 5.74) is 0. The van der Waals surface area contributed by atoms with Crippen molar-refractivity contribution < 1.29 is 14.6 Å². The summed E-state index contributed by atoms with van der Waals surface area (Å²) in [5, 5.41) is 11.3. The van der Waals surface area contributed by atoms with Gasteiger partial charge in [0.1, 0.15) is 6.61 Å². The van der Waals surface area contributed by atoms with Gasteiger partial charge in [-0.1, -0.05) is 0 Å². The van der Waals surface area contributed by atoms with Crippen LogP contribution in [0, 0.1) is 0 Å². The van der Waals surface area contributed by atoms with E-state index in [0.29, 0.717) is 0 Å². The van der Waals surface area contributed by atoms with Gasteiger partial charge in [0.05, 0.1) is 12.1 Å². The third kappa shape index (κ3) is 1.32. The number of aliphatic hydroxyl groups excluding tert-OH is 1. The molecule has 0 bridgehead atoms. The lowest BCUT2D eigenvalue weighted by Gasteiger charge is -2.08. The average molecular weight is 131 g/mol. The number of aliphatic hydroxyl groups is 1. The number of cyclic esters (lactones) is 1. The zero-order valence-electron chi connectivity index (χ0n) is 5.13. The molecule has 1 aliphatic rings. The second-order valence-corrected chi connectivity index (χ2v) is 2.09. The van der Waals surface area contributed by atoms with Gasteiger partial charge in [0.25, 0.3) is 0 Å². The van der Waals surface area contributed by atoms with Crippen molar-refractivity contribution in [1.29, 1.82) is 0 Å². The van der Waals surface area contributed by atoms with Crippen molar-refractivity contribution in [2.75, 3.05) is 6.61 Å². The van der Waals surface area contributed by atoms with E-state index >= 15 is 0 Å². The molecule has 9 heavy (non-hydrogen) atoms. The molecule has 2 atom stereocenters. The molecule has 1 amide bonds. The number of nitrogens with one attached hydrogen (secondary N) is 1. The van der Waals surface area contributed by atoms with E-state index in [4.69, 9.17) is 5.11 Å². The van der Waals surface area contributed by atoms with E-state index in [1.807, 2.05) is 0 Å². The fourth-order valence-electron chi connectivity index (χ4n) is 0.660. The highest BCUT2D eigenvalue weighted by molar-refractivity contribution is 5.69. The van der Waals surface area contributed by atoms with Gasteiger partial charge in [0, 0.05) is 0 Å². The minimum Gasteiger partial charge on any atom is -0.447 e. The van der Waals surface area contributed by atoms with E-state index in [1.54, 1.807) is 6.92 Å². The topological polar surface area (TPSA) is 58.6 Å². The molecule has 1 heterocycles. The SMILES string of the molecule is CC(O)C1COC(=O)N1. The molecule has 1 fully saturated rings. The molecule has 2 unspecified atom stereocenters. The summed E-state index contributed by atoms with van der Waals surface area (Å²) >= 11 is 0. The standard InChI is InChI=1S/C5H9NO3/c1-3(7)4-2-9-5(8)6-4/h3-4,7H,2H2,1H3,(H,6,8). The lowest BCUT2D eigenvalue weighted by atomic mass is 10.2. The summed E-state index contributed by atoms with van der Waals surface area (Å²) in [7, 11) is 0. The monoisotopic (exact) mass is 131 g/mol. The van der Waals surface area contributed by atoms with Crippen molar-refractivity contribution >= 4 is 6.09 Å². The van der Waals surface area contributed by atoms with Crippen LogP contribution >= 0.6 is 0 Å². The molecule has 2 N–H and O–H groups in total. The van der Waals surface area contributed by atoms with Crippen LogP contribution in [0.15, 0.2) is 0 Å². The van der Waals surface area contributed by atoms with Crippen molar-refractivity contribution in [3.05, 3.63) is 0 Å². The molecule has 0 spiro atoms. The first-order valence-corrected chi connectivity index (χ1v) is 2.81. The van der Waals surface area contributed by atoms with Crippen molar-refractivity contribution in [2.24, 2.45) is 0 Å². The fraction of sp³-hybridized carbons (Fsp3) is 0.800. The molecule has 0 radical (unpaired) electrons. The number of hydrogen-bond acceptors (Lipinski definition) is 3. The van der Waals surface area contributed by atoms with E-state index in [2.05, 4.69) is 10.1 Å². The van der Waals surface area contributed by atoms with Gasteiger partial charge in [-0.3, -0.25) is 0 Å². The number of amides is 1. The van der Waals surface area contributed by atoms with Gasteiger partial charge < -0.3 is 15.2 Å². The minimum absolute atomic E-state index is 0.225. The summed E-state index contributed by atoms with van der Waals surface area (Å²) in [6.45, 7) is 1.89. The summed E-state index contributed by atoms with van der Waals surface area (Å²) in [6, 6.07) is -0.225. The minimum atomic E-state index is -0.531. The molecule has 0 aromatic carbocycles. The van der Waals surface area contributed by atoms with Crippen LogP contribution in [0.1, 0.15) is 6.92 Å². The van der Waals surface area contributed by atoms with E-state index in [-0.39, 0.29) is 12.6 Å². The molecular weight excluding hydrogens is 122 g/mol. The average Bonchev–Trinajstić information content (AvgIpc) is 2.14. The molecule has 1 rings (SSSR count). The van der Waals surface area contributed by atoms with E-state index < -0.39 is 12.2 Å². The van der Waals surface area contributed by atoms with Crippen molar-refractivity contribution in [2.45, 2.75) is 19.1 Å². The number of hydrogen-bond donors (Lipinski definition) is 2. The molecule has 0 aromatic rings. The van der Waals surface area contributed by atoms with Gasteiger partial charge in [-0.25, -0.2) is 4.79 Å². The molecule has 4 heteroatoms. The number of carbonyl (C=O) groups excluding carboxylic acids is 1. The Balaban J connectivity index is 2.39. The van der Waals surface area contributed by atoms with Crippen molar-refractivity contribution in [1.82, 2.24) is 5.32 Å². The summed E-state index contributed by atoms with van der Waals surface area (Å²) < 4.78 is 4.52. The van der Waals surface area contributed by atoms with E-state index in [9.17, 15) is 4.79 Å². The van der Waals surface area contributed by atoms with Crippen LogP contribution in [0.3, 0.4) is 0 Å². The van der Waals surface area contributed by atoms with Gasteiger partial charge in [-0.05, 0) is 6.92 Å². The molecule has 4 nitrogen and oxygen atoms in total. The van der Waals surface area contributed by atoms with Crippen LogP contribution in [-0.4, -0.2) is 30.0 Å². The molecule has 0 saturated carbocycles. The van der Waals surface area contributed by atoms with Gasteiger partial charge in [0.15, 0.2) is 0 Å². The third-order valence-electron chi connectivity index (χ3n) is 1.28. The summed E-state index contributed by atoms with van der Waals surface area (Å²) in [4.78, 5) is 10.3. The summed E-state index contributed by atoms with van der Waals surface area (Å²) in [6.07, 6.45) is -0.975. The van der Waals surface area contributed by atoms with Gasteiger partial charge in [-0.15, -0.1) is 0 Å². The Labute approximate surface area is 52.8 Å². The Morgan fingerprint density at radius 1 is 2.00 bits per heavy atom. The molecule has 52 valence electrons. The lowest BCUT2D eigenvalue weighted by Crippen LogP contribution is -2.35. The highest BCUT2D eigenvalue weighted by Crippen LogP contribution is 2.00. The Bertz CT molecular complexity index is 123. The Morgan fingerprint density at radius 2 is 2.67 bits per heavy atom. The maximum Gasteiger partial charge on any atom is 0.407 e. The quantitative estimate of drug-likeness (QED) is 0.503. The van der Waals surface area contributed by atoms with E-state index in [1.165, 1.54) is 0 Å². The Kier molecular flexibility index (Phi) is 1.57. The zero-order chi connectivity index (χ0) is 6.85. The second kappa shape index (κ2) is 2.23. The molecule has 1 aliphatic heterocycles. The number of alkyl carbamates (subject to hydrolysis) is 1. The third-order valence-corrected chi connectivity index (χ3v) is 1.28. The maximum absolute atomic E-state index is 10.3. The predicted molar refractivity (Wildman–Crippen MR) is 30.0 cm³/mol. The van der Waals surface area contributed by atoms with Gasteiger partial charge in [0.2, 0.25) is 0 Å². The molecular formula is C5H9NO3. The molecule has 0 aromatic heterocycles. The van der Waals surface area contributed by atoms with Crippen LogP contribution in [0.5, 0.6) is 0 Å². The van der Waals surface area contributed by atoms with Crippen molar-refractivity contribution in [3.8, 4) is 0 Å². The first kappa shape index (κ1) is 6.35. The number of rotatable bonds is 1. The first-order valence-electron chi connectivity index (χ1n) is 2.81. The lowest BCUT2D eigenvalue weighted by molar-refractivity contribution is 0.139.